The third-order valence-corrected chi connectivity index (χ3v) is 2.65. The number of alkyl halides is 2. The Labute approximate surface area is 96.7 Å². The van der Waals surface area contributed by atoms with E-state index in [-0.39, 0.29) is 9.13 Å². The molecule has 0 radical (unpaired) electrons. The molecule has 1 aromatic heterocycles. The first kappa shape index (κ1) is 11.8. The molecule has 1 rings (SSSR count). The second-order valence-corrected chi connectivity index (χ2v) is 3.55. The molecule has 0 aliphatic rings. The lowest BCUT2D eigenvalue weighted by atomic mass is 10.1. The van der Waals surface area contributed by atoms with E-state index in [0.717, 1.165) is 6.20 Å². The predicted octanol–water partition coefficient (Wildman–Crippen LogP) is 2.19. The van der Waals surface area contributed by atoms with Gasteiger partial charge in [0.2, 0.25) is 0 Å². The molecule has 1 heterocycles. The molecule has 0 saturated carbocycles. The molecule has 0 aliphatic heterocycles. The molecular weight excluding hydrogens is 321 g/mol. The molecule has 0 aliphatic carbocycles. The number of nitriles is 1. The average Bonchev–Trinajstić information content (AvgIpc) is 2.16. The number of aromatic carboxylic acids is 1. The van der Waals surface area contributed by atoms with Crippen LogP contribution in [-0.2, 0) is 0 Å². The van der Waals surface area contributed by atoms with Crippen molar-refractivity contribution in [1.29, 1.82) is 5.26 Å². The Hall–Kier alpha value is -1.30. The number of aromatic nitrogens is 1. The summed E-state index contributed by atoms with van der Waals surface area (Å²) in [6.07, 6.45) is -2.13. The standard InChI is InChI=1S/C8H3F2IN2O2/c9-7(10)4-2-13-6(8(14)15)5(11)3(4)1-12/h2,7H,(H,14,15). The largest absolute Gasteiger partial charge is 0.476 e. The van der Waals surface area contributed by atoms with Crippen molar-refractivity contribution in [2.75, 3.05) is 0 Å². The number of rotatable bonds is 2. The Kier molecular flexibility index (Phi) is 3.52. The summed E-state index contributed by atoms with van der Waals surface area (Å²) in [4.78, 5) is 14.0. The number of nitrogens with zero attached hydrogens (tertiary/aromatic N) is 2. The minimum atomic E-state index is -2.84. The van der Waals surface area contributed by atoms with Gasteiger partial charge in [-0.2, -0.15) is 5.26 Å². The van der Waals surface area contributed by atoms with Gasteiger partial charge in [0.25, 0.3) is 6.43 Å². The highest BCUT2D eigenvalue weighted by Gasteiger charge is 2.21. The van der Waals surface area contributed by atoms with E-state index in [4.69, 9.17) is 10.4 Å². The fourth-order valence-corrected chi connectivity index (χ4v) is 1.73. The zero-order chi connectivity index (χ0) is 11.6. The van der Waals surface area contributed by atoms with Crippen LogP contribution in [0.1, 0.15) is 28.0 Å². The van der Waals surface area contributed by atoms with E-state index in [1.54, 1.807) is 6.07 Å². The minimum absolute atomic E-state index is 0.0691. The van der Waals surface area contributed by atoms with Crippen LogP contribution in [0.5, 0.6) is 0 Å². The van der Waals surface area contributed by atoms with E-state index < -0.39 is 23.7 Å². The van der Waals surface area contributed by atoms with E-state index in [1.165, 1.54) is 22.6 Å². The van der Waals surface area contributed by atoms with Gasteiger partial charge in [-0.3, -0.25) is 0 Å². The smallest absolute Gasteiger partial charge is 0.355 e. The third-order valence-electron chi connectivity index (χ3n) is 1.60. The molecule has 15 heavy (non-hydrogen) atoms. The average molecular weight is 324 g/mol. The first-order valence-electron chi connectivity index (χ1n) is 3.59. The highest BCUT2D eigenvalue weighted by atomic mass is 127. The SMILES string of the molecule is N#Cc1c(C(F)F)cnc(C(=O)O)c1I. The molecule has 4 nitrogen and oxygen atoms in total. The first-order valence-corrected chi connectivity index (χ1v) is 4.66. The lowest BCUT2D eigenvalue weighted by molar-refractivity contribution is 0.0688. The summed E-state index contributed by atoms with van der Waals surface area (Å²) in [5.74, 6) is -1.35. The summed E-state index contributed by atoms with van der Waals surface area (Å²) in [6.45, 7) is 0. The van der Waals surface area contributed by atoms with Gasteiger partial charge in [-0.25, -0.2) is 18.6 Å². The number of hydrogen-bond donors (Lipinski definition) is 1. The number of hydrogen-bond acceptors (Lipinski definition) is 3. The lowest BCUT2D eigenvalue weighted by Gasteiger charge is -2.05. The number of carbonyl (C=O) groups is 1. The molecule has 7 heteroatoms. The molecule has 0 atom stereocenters. The molecule has 0 saturated heterocycles. The zero-order valence-corrected chi connectivity index (χ0v) is 9.20. The van der Waals surface area contributed by atoms with Gasteiger partial charge in [0.05, 0.1) is 14.7 Å². The lowest BCUT2D eigenvalue weighted by Crippen LogP contribution is -2.07. The Morgan fingerprint density at radius 3 is 2.67 bits per heavy atom. The summed E-state index contributed by atoms with van der Waals surface area (Å²) in [6, 6.07) is 1.55. The second-order valence-electron chi connectivity index (χ2n) is 2.47. The van der Waals surface area contributed by atoms with Crippen molar-refractivity contribution < 1.29 is 18.7 Å². The van der Waals surface area contributed by atoms with Crippen molar-refractivity contribution in [3.8, 4) is 6.07 Å². The van der Waals surface area contributed by atoms with Gasteiger partial charge in [0, 0.05) is 6.20 Å². The van der Waals surface area contributed by atoms with Crippen LogP contribution in [0.3, 0.4) is 0 Å². The van der Waals surface area contributed by atoms with Gasteiger partial charge in [0.1, 0.15) is 6.07 Å². The van der Waals surface area contributed by atoms with Crippen LogP contribution in [0.2, 0.25) is 0 Å². The Morgan fingerprint density at radius 1 is 1.67 bits per heavy atom. The fraction of sp³-hybridized carbons (Fsp3) is 0.125. The molecule has 0 bridgehead atoms. The van der Waals surface area contributed by atoms with Crippen molar-refractivity contribution in [3.05, 3.63) is 26.6 Å². The minimum Gasteiger partial charge on any atom is -0.476 e. The van der Waals surface area contributed by atoms with Gasteiger partial charge in [-0.1, -0.05) is 0 Å². The second kappa shape index (κ2) is 4.48. The van der Waals surface area contributed by atoms with Crippen molar-refractivity contribution in [2.24, 2.45) is 0 Å². The van der Waals surface area contributed by atoms with Gasteiger partial charge in [0.15, 0.2) is 5.69 Å². The molecular formula is C8H3F2IN2O2. The molecule has 0 fully saturated rings. The molecule has 0 spiro atoms. The van der Waals surface area contributed by atoms with Gasteiger partial charge >= 0.3 is 5.97 Å². The van der Waals surface area contributed by atoms with Crippen molar-refractivity contribution in [1.82, 2.24) is 4.98 Å². The van der Waals surface area contributed by atoms with Crippen LogP contribution in [0.15, 0.2) is 6.20 Å². The highest BCUT2D eigenvalue weighted by molar-refractivity contribution is 14.1. The van der Waals surface area contributed by atoms with Crippen molar-refractivity contribution in [3.63, 3.8) is 0 Å². The summed E-state index contributed by atoms with van der Waals surface area (Å²) in [5.41, 5.74) is -1.28. The molecule has 1 N–H and O–H groups in total. The number of pyridine rings is 1. The summed E-state index contributed by atoms with van der Waals surface area (Å²) >= 11 is 1.52. The van der Waals surface area contributed by atoms with Gasteiger partial charge < -0.3 is 5.11 Å². The number of halogens is 3. The Morgan fingerprint density at radius 2 is 2.27 bits per heavy atom. The topological polar surface area (TPSA) is 74.0 Å². The van der Waals surface area contributed by atoms with Crippen molar-refractivity contribution >= 4 is 28.6 Å². The molecule has 78 valence electrons. The third kappa shape index (κ3) is 2.20. The zero-order valence-electron chi connectivity index (χ0n) is 7.04. The quantitative estimate of drug-likeness (QED) is 0.847. The molecule has 0 amide bonds. The summed E-state index contributed by atoms with van der Waals surface area (Å²) in [7, 11) is 0. The summed E-state index contributed by atoms with van der Waals surface area (Å²) in [5, 5.41) is 17.3. The van der Waals surface area contributed by atoms with E-state index in [1.807, 2.05) is 0 Å². The van der Waals surface area contributed by atoms with Crippen LogP contribution >= 0.6 is 22.6 Å². The highest BCUT2D eigenvalue weighted by Crippen LogP contribution is 2.26. The maximum Gasteiger partial charge on any atom is 0.355 e. The Bertz CT molecular complexity index is 457. The van der Waals surface area contributed by atoms with E-state index in [9.17, 15) is 13.6 Å². The Balaban J connectivity index is 3.48. The normalized spacial score (nSPS) is 10.1. The van der Waals surface area contributed by atoms with E-state index in [0.29, 0.717) is 0 Å². The van der Waals surface area contributed by atoms with Crippen LogP contribution < -0.4 is 0 Å². The number of carboxylic acid groups (broad SMARTS) is 1. The molecule has 0 unspecified atom stereocenters. The maximum atomic E-state index is 12.4. The number of carboxylic acids is 1. The summed E-state index contributed by atoms with van der Waals surface area (Å²) < 4.78 is 24.7. The van der Waals surface area contributed by atoms with Gasteiger partial charge in [-0.15, -0.1) is 0 Å². The molecule has 0 aromatic carbocycles. The first-order chi connectivity index (χ1) is 6.99. The van der Waals surface area contributed by atoms with E-state index >= 15 is 0 Å². The maximum absolute atomic E-state index is 12.4. The van der Waals surface area contributed by atoms with Crippen molar-refractivity contribution in [2.45, 2.75) is 6.43 Å². The van der Waals surface area contributed by atoms with E-state index in [2.05, 4.69) is 4.98 Å². The van der Waals surface area contributed by atoms with Crippen LogP contribution in [-0.4, -0.2) is 16.1 Å². The van der Waals surface area contributed by atoms with Gasteiger partial charge in [-0.05, 0) is 22.6 Å². The molecule has 1 aromatic rings. The fourth-order valence-electron chi connectivity index (χ4n) is 0.929. The van der Waals surface area contributed by atoms with Crippen LogP contribution in [0, 0.1) is 14.9 Å². The predicted molar refractivity (Wildman–Crippen MR) is 53.6 cm³/mol. The van der Waals surface area contributed by atoms with Crippen LogP contribution in [0.4, 0.5) is 8.78 Å². The monoisotopic (exact) mass is 324 g/mol. The van der Waals surface area contributed by atoms with Crippen LogP contribution in [0.25, 0.3) is 0 Å².